The number of ether oxygens (including phenoxy) is 1. The fourth-order valence-electron chi connectivity index (χ4n) is 1.14. The van der Waals surface area contributed by atoms with Crippen molar-refractivity contribution in [3.05, 3.63) is 29.8 Å². The lowest BCUT2D eigenvalue weighted by atomic mass is 10.2. The molecule has 0 aliphatic carbocycles. The van der Waals surface area contributed by atoms with Crippen LogP contribution in [-0.2, 0) is 11.3 Å². The van der Waals surface area contributed by atoms with Crippen molar-refractivity contribution in [1.29, 1.82) is 0 Å². The molecule has 0 bridgehead atoms. The van der Waals surface area contributed by atoms with Crippen LogP contribution in [0.1, 0.15) is 26.3 Å². The predicted octanol–water partition coefficient (Wildman–Crippen LogP) is 2.70. The van der Waals surface area contributed by atoms with Gasteiger partial charge >= 0.3 is 0 Å². The first-order valence-corrected chi connectivity index (χ1v) is 4.83. The fourth-order valence-corrected chi connectivity index (χ4v) is 1.14. The first-order chi connectivity index (χ1) is 7.01. The lowest BCUT2D eigenvalue weighted by Crippen LogP contribution is -2.22. The maximum atomic E-state index is 9.92. The van der Waals surface area contributed by atoms with Crippen molar-refractivity contribution in [2.24, 2.45) is 4.99 Å². The first-order valence-electron chi connectivity index (χ1n) is 4.83. The normalized spacial score (nSPS) is 10.6. The highest BCUT2D eigenvalue weighted by Gasteiger charge is 2.10. The molecule has 0 saturated carbocycles. The number of isocyanates is 1. The number of benzene rings is 1. The molecule has 0 unspecified atom stereocenters. The van der Waals surface area contributed by atoms with Gasteiger partial charge in [-0.05, 0) is 38.5 Å². The van der Waals surface area contributed by atoms with E-state index in [1.165, 1.54) is 6.08 Å². The molecule has 1 aromatic rings. The molecule has 0 aliphatic rings. The van der Waals surface area contributed by atoms with Gasteiger partial charge in [0, 0.05) is 0 Å². The highest BCUT2D eigenvalue weighted by molar-refractivity contribution is 5.34. The third kappa shape index (κ3) is 4.43. The van der Waals surface area contributed by atoms with Crippen LogP contribution in [0.2, 0.25) is 0 Å². The van der Waals surface area contributed by atoms with Crippen LogP contribution in [0, 0.1) is 0 Å². The van der Waals surface area contributed by atoms with Gasteiger partial charge in [-0.2, -0.15) is 0 Å². The number of rotatable bonds is 3. The second kappa shape index (κ2) is 4.76. The molecule has 0 aromatic heterocycles. The number of aliphatic imine (C=N–C) groups is 1. The third-order valence-electron chi connectivity index (χ3n) is 1.67. The molecule has 3 heteroatoms. The Hall–Kier alpha value is -1.60. The van der Waals surface area contributed by atoms with Crippen molar-refractivity contribution in [3.63, 3.8) is 0 Å². The second-order valence-corrected chi connectivity index (χ2v) is 4.27. The van der Waals surface area contributed by atoms with Gasteiger partial charge in [-0.3, -0.25) is 0 Å². The van der Waals surface area contributed by atoms with Crippen LogP contribution < -0.4 is 4.74 Å². The Bertz CT molecular complexity index is 356. The number of hydrogen-bond donors (Lipinski definition) is 0. The summed E-state index contributed by atoms with van der Waals surface area (Å²) in [4.78, 5) is 13.4. The highest BCUT2D eigenvalue weighted by Crippen LogP contribution is 2.18. The van der Waals surface area contributed by atoms with E-state index >= 15 is 0 Å². The van der Waals surface area contributed by atoms with Crippen molar-refractivity contribution in [2.75, 3.05) is 0 Å². The van der Waals surface area contributed by atoms with E-state index in [4.69, 9.17) is 4.74 Å². The largest absolute Gasteiger partial charge is 0.488 e. The van der Waals surface area contributed by atoms with Crippen LogP contribution in [0.4, 0.5) is 0 Å². The molecule has 15 heavy (non-hydrogen) atoms. The molecular formula is C12H15NO2. The van der Waals surface area contributed by atoms with Crippen LogP contribution in [0.25, 0.3) is 0 Å². The standard InChI is InChI=1S/C12H15NO2/c1-12(2,3)15-11-6-4-10(5-7-11)8-13-9-14/h4-7H,8H2,1-3H3. The minimum absolute atomic E-state index is 0.192. The predicted molar refractivity (Wildman–Crippen MR) is 58.6 cm³/mol. The summed E-state index contributed by atoms with van der Waals surface area (Å²) in [5.41, 5.74) is 0.780. The molecular weight excluding hydrogens is 190 g/mol. The van der Waals surface area contributed by atoms with E-state index in [0.29, 0.717) is 6.54 Å². The third-order valence-corrected chi connectivity index (χ3v) is 1.67. The average molecular weight is 205 g/mol. The molecule has 0 spiro atoms. The summed E-state index contributed by atoms with van der Waals surface area (Å²) in [5.74, 6) is 0.821. The Labute approximate surface area is 89.8 Å². The van der Waals surface area contributed by atoms with Gasteiger partial charge in [-0.1, -0.05) is 12.1 Å². The fraction of sp³-hybridized carbons (Fsp3) is 0.417. The lowest BCUT2D eigenvalue weighted by Gasteiger charge is -2.21. The summed E-state index contributed by atoms with van der Waals surface area (Å²) in [7, 11) is 0. The van der Waals surface area contributed by atoms with Gasteiger partial charge in [0.25, 0.3) is 0 Å². The van der Waals surface area contributed by atoms with Gasteiger partial charge in [0.05, 0.1) is 6.54 Å². The van der Waals surface area contributed by atoms with Crippen molar-refractivity contribution in [1.82, 2.24) is 0 Å². The molecule has 3 nitrogen and oxygen atoms in total. The van der Waals surface area contributed by atoms with Gasteiger partial charge in [-0.25, -0.2) is 9.79 Å². The second-order valence-electron chi connectivity index (χ2n) is 4.27. The van der Waals surface area contributed by atoms with E-state index in [1.807, 2.05) is 45.0 Å². The van der Waals surface area contributed by atoms with Crippen LogP contribution in [-0.4, -0.2) is 11.7 Å². The maximum Gasteiger partial charge on any atom is 0.235 e. The van der Waals surface area contributed by atoms with Gasteiger partial charge in [0.15, 0.2) is 0 Å². The Balaban J connectivity index is 2.68. The van der Waals surface area contributed by atoms with E-state index in [1.54, 1.807) is 0 Å². The van der Waals surface area contributed by atoms with Crippen LogP contribution in [0.3, 0.4) is 0 Å². The minimum atomic E-state index is -0.192. The summed E-state index contributed by atoms with van der Waals surface area (Å²) < 4.78 is 5.65. The molecule has 1 rings (SSSR count). The summed E-state index contributed by atoms with van der Waals surface area (Å²) in [6.45, 7) is 6.37. The Morgan fingerprint density at radius 2 is 1.87 bits per heavy atom. The molecule has 0 fully saturated rings. The SMILES string of the molecule is CC(C)(C)Oc1ccc(CN=C=O)cc1. The number of nitrogens with zero attached hydrogens (tertiary/aromatic N) is 1. The molecule has 80 valence electrons. The van der Waals surface area contributed by atoms with E-state index in [2.05, 4.69) is 4.99 Å². The Kier molecular flexibility index (Phi) is 3.64. The topological polar surface area (TPSA) is 38.7 Å². The summed E-state index contributed by atoms with van der Waals surface area (Å²) in [5, 5.41) is 0. The zero-order valence-corrected chi connectivity index (χ0v) is 9.28. The molecule has 1 aromatic carbocycles. The van der Waals surface area contributed by atoms with Crippen molar-refractivity contribution < 1.29 is 9.53 Å². The van der Waals surface area contributed by atoms with Gasteiger partial charge in [0.1, 0.15) is 11.4 Å². The van der Waals surface area contributed by atoms with Crippen molar-refractivity contribution >= 4 is 6.08 Å². The quantitative estimate of drug-likeness (QED) is 0.562. The van der Waals surface area contributed by atoms with Crippen molar-refractivity contribution in [3.8, 4) is 5.75 Å². The van der Waals surface area contributed by atoms with E-state index < -0.39 is 0 Å². The van der Waals surface area contributed by atoms with Gasteiger partial charge in [0.2, 0.25) is 6.08 Å². The zero-order valence-electron chi connectivity index (χ0n) is 9.28. The minimum Gasteiger partial charge on any atom is -0.488 e. The van der Waals surface area contributed by atoms with Gasteiger partial charge < -0.3 is 4.74 Å². The van der Waals surface area contributed by atoms with Crippen LogP contribution >= 0.6 is 0 Å². The molecule has 0 amide bonds. The molecule has 0 saturated heterocycles. The van der Waals surface area contributed by atoms with E-state index in [0.717, 1.165) is 11.3 Å². The monoisotopic (exact) mass is 205 g/mol. The molecule has 0 heterocycles. The molecule has 0 atom stereocenters. The molecule has 0 N–H and O–H groups in total. The van der Waals surface area contributed by atoms with Crippen LogP contribution in [0.5, 0.6) is 5.75 Å². The van der Waals surface area contributed by atoms with E-state index in [-0.39, 0.29) is 5.60 Å². The molecule has 0 aliphatic heterocycles. The van der Waals surface area contributed by atoms with Crippen LogP contribution in [0.15, 0.2) is 29.3 Å². The number of hydrogen-bond acceptors (Lipinski definition) is 3. The maximum absolute atomic E-state index is 9.92. The van der Waals surface area contributed by atoms with Crippen molar-refractivity contribution in [2.45, 2.75) is 32.9 Å². The summed E-state index contributed by atoms with van der Waals surface area (Å²) in [6.07, 6.45) is 1.51. The van der Waals surface area contributed by atoms with Gasteiger partial charge in [-0.15, -0.1) is 0 Å². The first kappa shape index (κ1) is 11.5. The summed E-state index contributed by atoms with van der Waals surface area (Å²) >= 11 is 0. The highest BCUT2D eigenvalue weighted by atomic mass is 16.5. The summed E-state index contributed by atoms with van der Waals surface area (Å²) in [6, 6.07) is 7.53. The zero-order chi connectivity index (χ0) is 11.3. The molecule has 0 radical (unpaired) electrons. The van der Waals surface area contributed by atoms with E-state index in [9.17, 15) is 4.79 Å². The Morgan fingerprint density at radius 1 is 1.27 bits per heavy atom. The lowest BCUT2D eigenvalue weighted by molar-refractivity contribution is 0.131. The smallest absolute Gasteiger partial charge is 0.235 e. The average Bonchev–Trinajstić information content (AvgIpc) is 2.14. The Morgan fingerprint density at radius 3 is 2.33 bits per heavy atom. The number of carbonyl (C=O) groups excluding carboxylic acids is 1.